The van der Waals surface area contributed by atoms with Crippen LogP contribution < -0.4 is 0 Å². The minimum absolute atomic E-state index is 0.793. The minimum atomic E-state index is -0.823. The molecular weight excluding hydrogens is 288 g/mol. The Labute approximate surface area is 106 Å². The van der Waals surface area contributed by atoms with Crippen LogP contribution in [0.25, 0.3) is 10.1 Å². The van der Waals surface area contributed by atoms with E-state index in [0.29, 0.717) is 0 Å². The van der Waals surface area contributed by atoms with Crippen LogP contribution in [0.1, 0.15) is 18.7 Å². The Hall–Kier alpha value is -0.870. The van der Waals surface area contributed by atoms with Crippen LogP contribution in [0.4, 0.5) is 0 Å². The molecule has 2 rings (SSSR count). The molecule has 1 N–H and O–H groups in total. The second kappa shape index (κ2) is 3.86. The van der Waals surface area contributed by atoms with Crippen LogP contribution in [0.3, 0.4) is 0 Å². The molecule has 0 aliphatic heterocycles. The Bertz CT molecular complexity index is 557. The van der Waals surface area contributed by atoms with Crippen LogP contribution in [0.2, 0.25) is 0 Å². The molecule has 0 aliphatic carbocycles. The summed E-state index contributed by atoms with van der Waals surface area (Å²) in [7, 11) is 0. The van der Waals surface area contributed by atoms with E-state index in [2.05, 4.69) is 15.9 Å². The van der Waals surface area contributed by atoms with Gasteiger partial charge in [0, 0.05) is 14.0 Å². The molecule has 84 valence electrons. The summed E-state index contributed by atoms with van der Waals surface area (Å²) in [6.07, 6.45) is 0. The van der Waals surface area contributed by atoms with Crippen LogP contribution in [0, 0.1) is 0 Å². The predicted octanol–water partition coefficient (Wildman–Crippen LogP) is 4.03. The van der Waals surface area contributed by atoms with Crippen LogP contribution >= 0.6 is 27.3 Å². The molecule has 1 aromatic carbocycles. The van der Waals surface area contributed by atoms with Gasteiger partial charge in [-0.3, -0.25) is 4.79 Å². The summed E-state index contributed by atoms with van der Waals surface area (Å²) >= 11 is 4.95. The lowest BCUT2D eigenvalue weighted by Crippen LogP contribution is -2.27. The number of hydrogen-bond acceptors (Lipinski definition) is 2. The lowest BCUT2D eigenvalue weighted by atomic mass is 9.91. The second-order valence-corrected chi connectivity index (χ2v) is 6.22. The van der Waals surface area contributed by atoms with Crippen molar-refractivity contribution in [1.29, 1.82) is 0 Å². The highest BCUT2D eigenvalue weighted by Gasteiger charge is 2.31. The van der Waals surface area contributed by atoms with Gasteiger partial charge >= 0.3 is 5.97 Å². The van der Waals surface area contributed by atoms with Gasteiger partial charge in [-0.15, -0.1) is 11.3 Å². The Kier molecular flexibility index (Phi) is 2.80. The Morgan fingerprint density at radius 1 is 1.38 bits per heavy atom. The number of thiophene rings is 1. The summed E-state index contributed by atoms with van der Waals surface area (Å²) < 4.78 is 2.13. The fourth-order valence-electron chi connectivity index (χ4n) is 1.43. The summed E-state index contributed by atoms with van der Waals surface area (Å²) in [6, 6.07) is 7.94. The van der Waals surface area contributed by atoms with Crippen molar-refractivity contribution in [2.24, 2.45) is 0 Å². The third kappa shape index (κ3) is 1.87. The average molecular weight is 299 g/mol. The maximum Gasteiger partial charge on any atom is 0.314 e. The number of halogens is 1. The fourth-order valence-corrected chi connectivity index (χ4v) is 2.94. The van der Waals surface area contributed by atoms with Crippen molar-refractivity contribution in [2.45, 2.75) is 19.3 Å². The number of carboxylic acids is 1. The largest absolute Gasteiger partial charge is 0.481 e. The molecule has 0 fully saturated rings. The topological polar surface area (TPSA) is 37.3 Å². The third-order valence-corrected chi connectivity index (χ3v) is 4.56. The molecule has 2 nitrogen and oxygen atoms in total. The second-order valence-electron chi connectivity index (χ2n) is 4.22. The van der Waals surface area contributed by atoms with Gasteiger partial charge in [0.1, 0.15) is 0 Å². The smallest absolute Gasteiger partial charge is 0.314 e. The van der Waals surface area contributed by atoms with Gasteiger partial charge in [-0.1, -0.05) is 15.9 Å². The van der Waals surface area contributed by atoms with E-state index in [-0.39, 0.29) is 0 Å². The molecular formula is C12H11BrO2S. The lowest BCUT2D eigenvalue weighted by molar-refractivity contribution is -0.142. The average Bonchev–Trinajstić information content (AvgIpc) is 2.60. The van der Waals surface area contributed by atoms with Gasteiger partial charge in [0.25, 0.3) is 0 Å². The first kappa shape index (κ1) is 11.6. The molecule has 0 spiro atoms. The van der Waals surface area contributed by atoms with Gasteiger partial charge in [-0.25, -0.2) is 0 Å². The van der Waals surface area contributed by atoms with Crippen molar-refractivity contribution in [3.8, 4) is 0 Å². The Balaban J connectivity index is 2.59. The molecule has 4 heteroatoms. The van der Waals surface area contributed by atoms with E-state index in [1.165, 1.54) is 11.3 Å². The molecule has 0 amide bonds. The standard InChI is InChI=1S/C12H11BrO2S/c1-12(2,11(14)15)10-6-7-5-8(13)3-4-9(7)16-10/h3-6H,1-2H3,(H,14,15). The van der Waals surface area contributed by atoms with E-state index in [0.717, 1.165) is 19.4 Å². The van der Waals surface area contributed by atoms with Crippen LogP contribution in [-0.4, -0.2) is 11.1 Å². The first-order valence-electron chi connectivity index (χ1n) is 4.84. The van der Waals surface area contributed by atoms with Gasteiger partial charge in [0.2, 0.25) is 0 Å². The normalized spacial score (nSPS) is 11.9. The molecule has 0 bridgehead atoms. The van der Waals surface area contributed by atoms with Crippen molar-refractivity contribution in [3.05, 3.63) is 33.6 Å². The van der Waals surface area contributed by atoms with Gasteiger partial charge in [0.05, 0.1) is 5.41 Å². The lowest BCUT2D eigenvalue weighted by Gasteiger charge is -2.16. The molecule has 16 heavy (non-hydrogen) atoms. The fraction of sp³-hybridized carbons (Fsp3) is 0.250. The Morgan fingerprint density at radius 3 is 2.69 bits per heavy atom. The number of carbonyl (C=O) groups is 1. The van der Waals surface area contributed by atoms with E-state index in [1.54, 1.807) is 13.8 Å². The van der Waals surface area contributed by atoms with Crippen LogP contribution in [0.15, 0.2) is 28.7 Å². The summed E-state index contributed by atoms with van der Waals surface area (Å²) in [4.78, 5) is 12.0. The van der Waals surface area contributed by atoms with E-state index < -0.39 is 11.4 Å². The Morgan fingerprint density at radius 2 is 2.06 bits per heavy atom. The number of fused-ring (bicyclic) bond motifs is 1. The third-order valence-electron chi connectivity index (χ3n) is 2.63. The van der Waals surface area contributed by atoms with Gasteiger partial charge < -0.3 is 5.11 Å². The first-order chi connectivity index (χ1) is 7.41. The number of aliphatic carboxylic acids is 1. The molecule has 1 heterocycles. The SMILES string of the molecule is CC(C)(C(=O)O)c1cc2cc(Br)ccc2s1. The summed E-state index contributed by atoms with van der Waals surface area (Å²) in [6.45, 7) is 3.46. The zero-order chi connectivity index (χ0) is 11.9. The molecule has 0 atom stereocenters. The highest BCUT2D eigenvalue weighted by molar-refractivity contribution is 9.10. The monoisotopic (exact) mass is 298 g/mol. The van der Waals surface area contributed by atoms with Crippen molar-refractivity contribution in [1.82, 2.24) is 0 Å². The number of carboxylic acid groups (broad SMARTS) is 1. The van der Waals surface area contributed by atoms with E-state index in [1.807, 2.05) is 24.3 Å². The minimum Gasteiger partial charge on any atom is -0.481 e. The highest BCUT2D eigenvalue weighted by atomic mass is 79.9. The van der Waals surface area contributed by atoms with Crippen LogP contribution in [-0.2, 0) is 10.2 Å². The van der Waals surface area contributed by atoms with Gasteiger partial charge in [-0.2, -0.15) is 0 Å². The molecule has 0 radical (unpaired) electrons. The maximum absolute atomic E-state index is 11.2. The zero-order valence-electron chi connectivity index (χ0n) is 8.95. The number of rotatable bonds is 2. The molecule has 1 aromatic heterocycles. The number of benzene rings is 1. The van der Waals surface area contributed by atoms with Gasteiger partial charge in [0.15, 0.2) is 0 Å². The summed E-state index contributed by atoms with van der Waals surface area (Å²) in [5, 5.41) is 10.3. The summed E-state index contributed by atoms with van der Waals surface area (Å²) in [5.41, 5.74) is -0.823. The van der Waals surface area contributed by atoms with Crippen molar-refractivity contribution in [3.63, 3.8) is 0 Å². The molecule has 0 saturated heterocycles. The quantitative estimate of drug-likeness (QED) is 0.909. The molecule has 2 aromatic rings. The highest BCUT2D eigenvalue weighted by Crippen LogP contribution is 2.35. The number of hydrogen-bond donors (Lipinski definition) is 1. The first-order valence-corrected chi connectivity index (χ1v) is 6.45. The van der Waals surface area contributed by atoms with Crippen molar-refractivity contribution in [2.75, 3.05) is 0 Å². The molecule has 0 aliphatic rings. The molecule has 0 saturated carbocycles. The van der Waals surface area contributed by atoms with Crippen LogP contribution in [0.5, 0.6) is 0 Å². The molecule has 0 unspecified atom stereocenters. The van der Waals surface area contributed by atoms with E-state index >= 15 is 0 Å². The predicted molar refractivity (Wildman–Crippen MR) is 70.2 cm³/mol. The van der Waals surface area contributed by atoms with E-state index in [9.17, 15) is 9.90 Å². The zero-order valence-corrected chi connectivity index (χ0v) is 11.4. The summed E-state index contributed by atoms with van der Waals surface area (Å²) in [5.74, 6) is -0.793. The van der Waals surface area contributed by atoms with Gasteiger partial charge in [-0.05, 0) is 43.5 Å². The maximum atomic E-state index is 11.2. The van der Waals surface area contributed by atoms with Crippen molar-refractivity contribution < 1.29 is 9.90 Å². The van der Waals surface area contributed by atoms with E-state index in [4.69, 9.17) is 0 Å². The van der Waals surface area contributed by atoms with Crippen molar-refractivity contribution >= 4 is 43.3 Å².